The molecule has 1 rings (SSSR count). The predicted molar refractivity (Wildman–Crippen MR) is 74.7 cm³/mol. The lowest BCUT2D eigenvalue weighted by Crippen LogP contribution is -2.20. The van der Waals surface area contributed by atoms with E-state index in [1.165, 1.54) is 0 Å². The van der Waals surface area contributed by atoms with Gasteiger partial charge in [0.15, 0.2) is 6.29 Å². The molecule has 1 aromatic carbocycles. The van der Waals surface area contributed by atoms with Gasteiger partial charge in [0.05, 0.1) is 0 Å². The molecule has 0 fully saturated rings. The third-order valence-corrected chi connectivity index (χ3v) is 3.57. The standard InChI is InChI=1S/C13H19ClO2S/c1-3-15-13(16-4-2)10-17-9-11-7-5-6-8-12(11)14/h5-8,13H,3-4,9-10H2,1-2H3. The van der Waals surface area contributed by atoms with Gasteiger partial charge in [0.1, 0.15) is 0 Å². The number of benzene rings is 1. The first-order valence-electron chi connectivity index (χ1n) is 5.82. The Morgan fingerprint density at radius 2 is 1.82 bits per heavy atom. The van der Waals surface area contributed by atoms with Gasteiger partial charge in [-0.2, -0.15) is 11.8 Å². The summed E-state index contributed by atoms with van der Waals surface area (Å²) in [4.78, 5) is 0. The zero-order valence-corrected chi connectivity index (χ0v) is 11.9. The molecule has 4 heteroatoms. The van der Waals surface area contributed by atoms with Crippen LogP contribution in [0.25, 0.3) is 0 Å². The van der Waals surface area contributed by atoms with Crippen molar-refractivity contribution >= 4 is 23.4 Å². The van der Waals surface area contributed by atoms with Crippen LogP contribution in [0.5, 0.6) is 0 Å². The fourth-order valence-electron chi connectivity index (χ4n) is 1.40. The van der Waals surface area contributed by atoms with Crippen molar-refractivity contribution in [3.05, 3.63) is 34.9 Å². The molecule has 96 valence electrons. The largest absolute Gasteiger partial charge is 0.352 e. The Morgan fingerprint density at radius 1 is 1.18 bits per heavy atom. The third-order valence-electron chi connectivity index (χ3n) is 2.17. The summed E-state index contributed by atoms with van der Waals surface area (Å²) < 4.78 is 10.9. The molecule has 0 atom stereocenters. The van der Waals surface area contributed by atoms with E-state index in [0.717, 1.165) is 22.1 Å². The van der Waals surface area contributed by atoms with Crippen molar-refractivity contribution in [2.24, 2.45) is 0 Å². The Hall–Kier alpha value is -0.220. The number of rotatable bonds is 8. The maximum absolute atomic E-state index is 6.09. The first kappa shape index (κ1) is 14.8. The van der Waals surface area contributed by atoms with E-state index in [2.05, 4.69) is 0 Å². The molecule has 1 aromatic rings. The van der Waals surface area contributed by atoms with E-state index in [0.29, 0.717) is 13.2 Å². The summed E-state index contributed by atoms with van der Waals surface area (Å²) in [7, 11) is 0. The highest BCUT2D eigenvalue weighted by atomic mass is 35.5. The average Bonchev–Trinajstić information content (AvgIpc) is 2.32. The Morgan fingerprint density at radius 3 is 2.41 bits per heavy atom. The van der Waals surface area contributed by atoms with Gasteiger partial charge in [0, 0.05) is 29.7 Å². The first-order chi connectivity index (χ1) is 8.27. The van der Waals surface area contributed by atoms with Crippen molar-refractivity contribution in [1.82, 2.24) is 0 Å². The van der Waals surface area contributed by atoms with Crippen molar-refractivity contribution in [3.8, 4) is 0 Å². The minimum Gasteiger partial charge on any atom is -0.352 e. The lowest BCUT2D eigenvalue weighted by Gasteiger charge is -2.16. The third kappa shape index (κ3) is 5.77. The van der Waals surface area contributed by atoms with Crippen LogP contribution in [0.2, 0.25) is 5.02 Å². The summed E-state index contributed by atoms with van der Waals surface area (Å²) >= 11 is 7.86. The molecule has 0 bridgehead atoms. The molecule has 17 heavy (non-hydrogen) atoms. The second-order valence-electron chi connectivity index (χ2n) is 3.45. The normalized spacial score (nSPS) is 11.1. The molecule has 0 aliphatic rings. The molecule has 0 saturated heterocycles. The van der Waals surface area contributed by atoms with E-state index >= 15 is 0 Å². The average molecular weight is 275 g/mol. The van der Waals surface area contributed by atoms with Crippen LogP contribution in [0.3, 0.4) is 0 Å². The Balaban J connectivity index is 2.33. The minimum atomic E-state index is -0.113. The van der Waals surface area contributed by atoms with Crippen LogP contribution >= 0.6 is 23.4 Å². The SMILES string of the molecule is CCOC(CSCc1ccccc1Cl)OCC. The van der Waals surface area contributed by atoms with Crippen molar-refractivity contribution in [2.45, 2.75) is 25.9 Å². The number of halogens is 1. The maximum Gasteiger partial charge on any atom is 0.166 e. The summed E-state index contributed by atoms with van der Waals surface area (Å²) in [5.41, 5.74) is 1.16. The highest BCUT2D eigenvalue weighted by Gasteiger charge is 2.08. The quantitative estimate of drug-likeness (QED) is 0.668. The van der Waals surface area contributed by atoms with E-state index in [-0.39, 0.29) is 6.29 Å². The zero-order chi connectivity index (χ0) is 12.5. The van der Waals surface area contributed by atoms with Gasteiger partial charge in [-0.15, -0.1) is 0 Å². The summed E-state index contributed by atoms with van der Waals surface area (Å²) in [6.45, 7) is 5.31. The van der Waals surface area contributed by atoms with Crippen molar-refractivity contribution in [2.75, 3.05) is 19.0 Å². The second kappa shape index (κ2) is 8.81. The first-order valence-corrected chi connectivity index (χ1v) is 7.35. The molecule has 0 heterocycles. The van der Waals surface area contributed by atoms with Crippen LogP contribution in [-0.4, -0.2) is 25.3 Å². The molecule has 0 aliphatic heterocycles. The van der Waals surface area contributed by atoms with E-state index in [9.17, 15) is 0 Å². The number of hydrogen-bond acceptors (Lipinski definition) is 3. The van der Waals surface area contributed by atoms with Crippen molar-refractivity contribution in [1.29, 1.82) is 0 Å². The molecule has 0 spiro atoms. The van der Waals surface area contributed by atoms with Gasteiger partial charge in [0.2, 0.25) is 0 Å². The van der Waals surface area contributed by atoms with E-state index in [1.807, 2.05) is 38.1 Å². The van der Waals surface area contributed by atoms with Crippen molar-refractivity contribution in [3.63, 3.8) is 0 Å². The predicted octanol–water partition coefficient (Wildman–Crippen LogP) is 3.97. The van der Waals surface area contributed by atoms with Gasteiger partial charge in [0.25, 0.3) is 0 Å². The lowest BCUT2D eigenvalue weighted by molar-refractivity contribution is -0.120. The highest BCUT2D eigenvalue weighted by molar-refractivity contribution is 7.98. The zero-order valence-electron chi connectivity index (χ0n) is 10.3. The monoisotopic (exact) mass is 274 g/mol. The fraction of sp³-hybridized carbons (Fsp3) is 0.538. The molecule has 0 aliphatic carbocycles. The van der Waals surface area contributed by atoms with Crippen LogP contribution in [0.1, 0.15) is 19.4 Å². The van der Waals surface area contributed by atoms with Gasteiger partial charge >= 0.3 is 0 Å². The molecule has 0 radical (unpaired) electrons. The van der Waals surface area contributed by atoms with Gasteiger partial charge in [-0.25, -0.2) is 0 Å². The summed E-state index contributed by atoms with van der Waals surface area (Å²) in [6.07, 6.45) is -0.113. The fourth-order valence-corrected chi connectivity index (χ4v) is 2.65. The van der Waals surface area contributed by atoms with Gasteiger partial charge < -0.3 is 9.47 Å². The molecule has 0 saturated carbocycles. The van der Waals surface area contributed by atoms with E-state index in [4.69, 9.17) is 21.1 Å². The van der Waals surface area contributed by atoms with Crippen LogP contribution in [0.4, 0.5) is 0 Å². The topological polar surface area (TPSA) is 18.5 Å². The highest BCUT2D eigenvalue weighted by Crippen LogP contribution is 2.21. The van der Waals surface area contributed by atoms with Gasteiger partial charge in [-0.3, -0.25) is 0 Å². The summed E-state index contributed by atoms with van der Waals surface area (Å²) in [5.74, 6) is 1.71. The van der Waals surface area contributed by atoms with Gasteiger partial charge in [-0.1, -0.05) is 29.8 Å². The Bertz CT molecular complexity index is 314. The molecule has 0 unspecified atom stereocenters. The van der Waals surface area contributed by atoms with Crippen molar-refractivity contribution < 1.29 is 9.47 Å². The molecule has 0 amide bonds. The van der Waals surface area contributed by atoms with E-state index < -0.39 is 0 Å². The van der Waals surface area contributed by atoms with Gasteiger partial charge in [-0.05, 0) is 25.5 Å². The molecular formula is C13H19ClO2S. The molecular weight excluding hydrogens is 256 g/mol. The molecule has 0 N–H and O–H groups in total. The Kier molecular flexibility index (Phi) is 7.69. The lowest BCUT2D eigenvalue weighted by atomic mass is 10.2. The second-order valence-corrected chi connectivity index (χ2v) is 4.88. The summed E-state index contributed by atoms with van der Waals surface area (Å²) in [5, 5.41) is 0.823. The maximum atomic E-state index is 6.09. The number of ether oxygens (including phenoxy) is 2. The molecule has 0 aromatic heterocycles. The number of hydrogen-bond donors (Lipinski definition) is 0. The minimum absolute atomic E-state index is 0.113. The van der Waals surface area contributed by atoms with Crippen LogP contribution in [0, 0.1) is 0 Å². The Labute approximate surface area is 113 Å². The van der Waals surface area contributed by atoms with Crippen LogP contribution < -0.4 is 0 Å². The van der Waals surface area contributed by atoms with E-state index in [1.54, 1.807) is 11.8 Å². The van der Waals surface area contributed by atoms with Crippen LogP contribution in [-0.2, 0) is 15.2 Å². The smallest absolute Gasteiger partial charge is 0.166 e. The van der Waals surface area contributed by atoms with Crippen LogP contribution in [0.15, 0.2) is 24.3 Å². The number of thioether (sulfide) groups is 1. The molecule has 2 nitrogen and oxygen atoms in total. The summed E-state index contributed by atoms with van der Waals surface area (Å²) in [6, 6.07) is 7.91.